The van der Waals surface area contributed by atoms with Crippen molar-refractivity contribution in [2.45, 2.75) is 52.1 Å². The van der Waals surface area contributed by atoms with Gasteiger partial charge in [-0.1, -0.05) is 39.2 Å². The summed E-state index contributed by atoms with van der Waals surface area (Å²) in [6.07, 6.45) is 6.00. The maximum absolute atomic E-state index is 9.59. The van der Waals surface area contributed by atoms with E-state index in [1.54, 1.807) is 6.08 Å². The third-order valence-corrected chi connectivity index (χ3v) is 2.52. The minimum absolute atomic E-state index is 0.659. The van der Waals surface area contributed by atoms with Gasteiger partial charge in [-0.15, -0.1) is 6.58 Å². The Kier molecular flexibility index (Phi) is 5.23. The van der Waals surface area contributed by atoms with Crippen LogP contribution in [-0.4, -0.2) is 10.7 Å². The first kappa shape index (κ1) is 11.7. The van der Waals surface area contributed by atoms with E-state index in [4.69, 9.17) is 0 Å². The van der Waals surface area contributed by atoms with E-state index in [2.05, 4.69) is 20.4 Å². The number of aliphatic hydroxyl groups is 1. The molecule has 1 nitrogen and oxygen atoms in total. The predicted octanol–water partition coefficient (Wildman–Crippen LogP) is 3.14. The van der Waals surface area contributed by atoms with Crippen molar-refractivity contribution in [3.8, 4) is 0 Å². The van der Waals surface area contributed by atoms with Gasteiger partial charge in [-0.2, -0.15) is 0 Å². The third-order valence-electron chi connectivity index (χ3n) is 2.52. The zero-order valence-corrected chi connectivity index (χ0v) is 8.64. The second kappa shape index (κ2) is 5.36. The molecule has 0 radical (unpaired) electrons. The zero-order chi connectivity index (χ0) is 9.61. The molecule has 0 fully saturated rings. The highest BCUT2D eigenvalue weighted by atomic mass is 16.3. The van der Waals surface area contributed by atoms with Gasteiger partial charge in [0.25, 0.3) is 0 Å². The van der Waals surface area contributed by atoms with E-state index < -0.39 is 5.60 Å². The van der Waals surface area contributed by atoms with E-state index in [-0.39, 0.29) is 0 Å². The fourth-order valence-electron chi connectivity index (χ4n) is 1.11. The first-order valence-corrected chi connectivity index (χ1v) is 4.88. The molecule has 0 aromatic carbocycles. The van der Waals surface area contributed by atoms with Gasteiger partial charge in [-0.3, -0.25) is 0 Å². The van der Waals surface area contributed by atoms with Gasteiger partial charge in [0.1, 0.15) is 0 Å². The Morgan fingerprint density at radius 1 is 1.58 bits per heavy atom. The highest BCUT2D eigenvalue weighted by Gasteiger charge is 2.14. The fraction of sp³-hybridized carbons (Fsp3) is 0.818. The van der Waals surface area contributed by atoms with Crippen molar-refractivity contribution in [3.63, 3.8) is 0 Å². The van der Waals surface area contributed by atoms with Crippen LogP contribution < -0.4 is 0 Å². The first-order chi connectivity index (χ1) is 5.52. The normalized spacial score (nSPS) is 18.3. The molecular weight excluding hydrogens is 148 g/mol. The standard InChI is InChI=1S/C11H22O/c1-5-10(3)8-7-9-11(4,12)6-2/h6,10,12H,2,5,7-9H2,1,3-4H3. The van der Waals surface area contributed by atoms with Crippen LogP contribution in [0.4, 0.5) is 0 Å². The first-order valence-electron chi connectivity index (χ1n) is 4.88. The van der Waals surface area contributed by atoms with Crippen LogP contribution in [0.1, 0.15) is 46.5 Å². The summed E-state index contributed by atoms with van der Waals surface area (Å²) in [5.41, 5.74) is -0.659. The lowest BCUT2D eigenvalue weighted by atomic mass is 9.94. The molecule has 2 unspecified atom stereocenters. The van der Waals surface area contributed by atoms with Gasteiger partial charge in [0, 0.05) is 0 Å². The van der Waals surface area contributed by atoms with E-state index in [1.807, 2.05) is 6.92 Å². The molecular formula is C11H22O. The Bertz CT molecular complexity index is 127. The lowest BCUT2D eigenvalue weighted by Crippen LogP contribution is -2.19. The van der Waals surface area contributed by atoms with Crippen molar-refractivity contribution in [1.82, 2.24) is 0 Å². The summed E-state index contributed by atoms with van der Waals surface area (Å²) in [4.78, 5) is 0. The van der Waals surface area contributed by atoms with Crippen molar-refractivity contribution in [2.75, 3.05) is 0 Å². The summed E-state index contributed by atoms with van der Waals surface area (Å²) >= 11 is 0. The molecule has 0 spiro atoms. The van der Waals surface area contributed by atoms with Gasteiger partial charge in [0.05, 0.1) is 5.60 Å². The lowest BCUT2D eigenvalue weighted by Gasteiger charge is -2.18. The Morgan fingerprint density at radius 2 is 2.17 bits per heavy atom. The molecule has 1 N–H and O–H groups in total. The van der Waals surface area contributed by atoms with Crippen LogP contribution in [-0.2, 0) is 0 Å². The van der Waals surface area contributed by atoms with Crippen LogP contribution in [0.3, 0.4) is 0 Å². The van der Waals surface area contributed by atoms with Crippen LogP contribution in [0.5, 0.6) is 0 Å². The van der Waals surface area contributed by atoms with E-state index in [0.29, 0.717) is 0 Å². The summed E-state index contributed by atoms with van der Waals surface area (Å²) in [7, 11) is 0. The van der Waals surface area contributed by atoms with Crippen LogP contribution in [0.2, 0.25) is 0 Å². The van der Waals surface area contributed by atoms with Crippen LogP contribution >= 0.6 is 0 Å². The third kappa shape index (κ3) is 5.36. The molecule has 0 aromatic rings. The summed E-state index contributed by atoms with van der Waals surface area (Å²) in [6.45, 7) is 9.87. The van der Waals surface area contributed by atoms with Crippen LogP contribution in [0, 0.1) is 5.92 Å². The molecule has 0 heterocycles. The average molecular weight is 170 g/mol. The van der Waals surface area contributed by atoms with Crippen LogP contribution in [0.25, 0.3) is 0 Å². The number of hydrogen-bond donors (Lipinski definition) is 1. The van der Waals surface area contributed by atoms with Gasteiger partial charge in [0.2, 0.25) is 0 Å². The zero-order valence-electron chi connectivity index (χ0n) is 8.64. The minimum Gasteiger partial charge on any atom is -0.386 e. The monoisotopic (exact) mass is 170 g/mol. The maximum Gasteiger partial charge on any atom is 0.0797 e. The molecule has 0 aliphatic heterocycles. The molecule has 0 rings (SSSR count). The van der Waals surface area contributed by atoms with E-state index in [1.165, 1.54) is 12.8 Å². The Labute approximate surface area is 76.5 Å². The topological polar surface area (TPSA) is 20.2 Å². The van der Waals surface area contributed by atoms with Crippen molar-refractivity contribution in [2.24, 2.45) is 5.92 Å². The second-order valence-electron chi connectivity index (χ2n) is 3.97. The molecule has 0 bridgehead atoms. The van der Waals surface area contributed by atoms with Crippen molar-refractivity contribution in [1.29, 1.82) is 0 Å². The largest absolute Gasteiger partial charge is 0.386 e. The van der Waals surface area contributed by atoms with Gasteiger partial charge in [-0.05, 0) is 19.3 Å². The van der Waals surface area contributed by atoms with Gasteiger partial charge < -0.3 is 5.11 Å². The fourth-order valence-corrected chi connectivity index (χ4v) is 1.11. The molecule has 72 valence electrons. The summed E-state index contributed by atoms with van der Waals surface area (Å²) in [5.74, 6) is 0.783. The van der Waals surface area contributed by atoms with E-state index in [0.717, 1.165) is 18.8 Å². The number of hydrogen-bond acceptors (Lipinski definition) is 1. The van der Waals surface area contributed by atoms with Gasteiger partial charge >= 0.3 is 0 Å². The van der Waals surface area contributed by atoms with Crippen molar-refractivity contribution < 1.29 is 5.11 Å². The highest BCUT2D eigenvalue weighted by Crippen LogP contribution is 2.18. The molecule has 0 saturated carbocycles. The van der Waals surface area contributed by atoms with Gasteiger partial charge in [0.15, 0.2) is 0 Å². The summed E-state index contributed by atoms with van der Waals surface area (Å²) in [5, 5.41) is 9.59. The Morgan fingerprint density at radius 3 is 2.58 bits per heavy atom. The summed E-state index contributed by atoms with van der Waals surface area (Å²) in [6, 6.07) is 0. The highest BCUT2D eigenvalue weighted by molar-refractivity contribution is 4.91. The second-order valence-corrected chi connectivity index (χ2v) is 3.97. The molecule has 0 aliphatic rings. The average Bonchev–Trinajstić information content (AvgIpc) is 2.04. The quantitative estimate of drug-likeness (QED) is 0.607. The lowest BCUT2D eigenvalue weighted by molar-refractivity contribution is 0.0976. The smallest absolute Gasteiger partial charge is 0.0797 e. The van der Waals surface area contributed by atoms with Crippen LogP contribution in [0.15, 0.2) is 12.7 Å². The minimum atomic E-state index is -0.659. The number of rotatable bonds is 6. The molecule has 0 aliphatic carbocycles. The predicted molar refractivity (Wildman–Crippen MR) is 54.1 cm³/mol. The molecule has 12 heavy (non-hydrogen) atoms. The Balaban J connectivity index is 3.49. The molecule has 0 saturated heterocycles. The van der Waals surface area contributed by atoms with Gasteiger partial charge in [-0.25, -0.2) is 0 Å². The molecule has 0 aromatic heterocycles. The van der Waals surface area contributed by atoms with E-state index in [9.17, 15) is 5.11 Å². The molecule has 2 atom stereocenters. The Hall–Kier alpha value is -0.300. The van der Waals surface area contributed by atoms with Crippen molar-refractivity contribution >= 4 is 0 Å². The SMILES string of the molecule is C=CC(C)(O)CCCC(C)CC. The molecule has 0 amide bonds. The summed E-state index contributed by atoms with van der Waals surface area (Å²) < 4.78 is 0. The molecule has 1 heteroatoms. The van der Waals surface area contributed by atoms with E-state index >= 15 is 0 Å². The maximum atomic E-state index is 9.59. The van der Waals surface area contributed by atoms with Crippen molar-refractivity contribution in [3.05, 3.63) is 12.7 Å².